The first-order chi connectivity index (χ1) is 20.8. The molecule has 5 atom stereocenters. The number of nitrogens with two attached hydrogens (primary N) is 1. The molecule has 2 aromatic carbocycles. The number of carbonyl (C=O) groups excluding carboxylic acids is 1. The van der Waals surface area contributed by atoms with Crippen LogP contribution in [0, 0.1) is 0 Å². The van der Waals surface area contributed by atoms with Crippen molar-refractivity contribution >= 4 is 17.3 Å². The van der Waals surface area contributed by atoms with Crippen LogP contribution in [-0.2, 0) is 13.1 Å². The number of carbonyl (C=O) groups is 1. The number of anilines is 2. The highest BCUT2D eigenvalue weighted by Gasteiger charge is 2.45. The monoisotopic (exact) mass is 589 g/mol. The van der Waals surface area contributed by atoms with Crippen molar-refractivity contribution in [2.45, 2.75) is 56.9 Å². The van der Waals surface area contributed by atoms with Gasteiger partial charge in [-0.1, -0.05) is 30.3 Å². The van der Waals surface area contributed by atoms with Gasteiger partial charge in [-0.25, -0.2) is 0 Å². The highest BCUT2D eigenvalue weighted by molar-refractivity contribution is 6.01. The number of pyridine rings is 1. The van der Waals surface area contributed by atoms with E-state index >= 15 is 0 Å². The van der Waals surface area contributed by atoms with Crippen molar-refractivity contribution in [2.24, 2.45) is 5.73 Å². The number of nitrogens with one attached hydrogen (secondary N) is 2. The first kappa shape index (κ1) is 29.5. The summed E-state index contributed by atoms with van der Waals surface area (Å²) in [5.41, 5.74) is 10.9. The van der Waals surface area contributed by atoms with Gasteiger partial charge in [-0.05, 0) is 48.2 Å². The number of rotatable bonds is 8. The van der Waals surface area contributed by atoms with E-state index in [0.29, 0.717) is 41.9 Å². The van der Waals surface area contributed by atoms with Gasteiger partial charge in [0.2, 0.25) is 0 Å². The van der Waals surface area contributed by atoms with Gasteiger partial charge in [-0.15, -0.1) is 0 Å². The number of amides is 1. The molecule has 2 saturated heterocycles. The minimum absolute atomic E-state index is 0.334. The molecule has 43 heavy (non-hydrogen) atoms. The zero-order valence-electron chi connectivity index (χ0n) is 23.9. The molecule has 0 aliphatic carbocycles. The lowest BCUT2D eigenvalue weighted by molar-refractivity contribution is -0.0858. The van der Waals surface area contributed by atoms with Gasteiger partial charge >= 0.3 is 0 Å². The van der Waals surface area contributed by atoms with E-state index in [1.807, 2.05) is 12.1 Å². The minimum atomic E-state index is -1.19. The van der Waals surface area contributed by atoms with Crippen molar-refractivity contribution in [3.63, 3.8) is 0 Å². The van der Waals surface area contributed by atoms with Crippen LogP contribution in [0.2, 0.25) is 0 Å². The molecule has 8 N–H and O–H groups in total. The maximum atomic E-state index is 13.2. The molecule has 2 fully saturated rings. The average molecular weight is 590 g/mol. The van der Waals surface area contributed by atoms with Crippen molar-refractivity contribution < 1.29 is 25.2 Å². The molecule has 1 aromatic heterocycles. The van der Waals surface area contributed by atoms with Crippen molar-refractivity contribution in [1.29, 1.82) is 0 Å². The summed E-state index contributed by atoms with van der Waals surface area (Å²) in [5, 5.41) is 46.9. The quantitative estimate of drug-likeness (QED) is 0.186. The van der Waals surface area contributed by atoms with Crippen LogP contribution >= 0.6 is 0 Å². The fourth-order valence-corrected chi connectivity index (χ4v) is 6.22. The summed E-state index contributed by atoms with van der Waals surface area (Å²) in [6.07, 6.45) is -1.70. The SMILES string of the molecule is NC(O)c1ccc(N2CCN(Cc3ccc(CNc4cccc5c4C(O)N(C4CCC(O)NC4O)C5=O)cc3)CC2)cn1. The molecular weight excluding hydrogens is 550 g/mol. The third kappa shape index (κ3) is 6.22. The topological polar surface area (TPSA) is 171 Å². The highest BCUT2D eigenvalue weighted by atomic mass is 16.3. The van der Waals surface area contributed by atoms with Crippen molar-refractivity contribution in [1.82, 2.24) is 20.1 Å². The number of benzene rings is 2. The third-order valence-corrected chi connectivity index (χ3v) is 8.64. The summed E-state index contributed by atoms with van der Waals surface area (Å²) in [6.45, 7) is 5.00. The zero-order valence-corrected chi connectivity index (χ0v) is 23.9. The van der Waals surface area contributed by atoms with E-state index in [4.69, 9.17) is 5.73 Å². The fraction of sp³-hybridized carbons (Fsp3) is 0.419. The van der Waals surface area contributed by atoms with Crippen LogP contribution < -0.4 is 21.3 Å². The summed E-state index contributed by atoms with van der Waals surface area (Å²) in [5.74, 6) is -0.334. The molecule has 12 nitrogen and oxygen atoms in total. The van der Waals surface area contributed by atoms with Crippen LogP contribution in [0.3, 0.4) is 0 Å². The zero-order chi connectivity index (χ0) is 30.1. The normalized spacial score (nSPS) is 25.1. The number of aromatic nitrogens is 1. The molecule has 0 saturated carbocycles. The van der Waals surface area contributed by atoms with Crippen molar-refractivity contribution in [2.75, 3.05) is 36.4 Å². The number of aliphatic hydroxyl groups is 4. The van der Waals surface area contributed by atoms with Crippen molar-refractivity contribution in [3.05, 3.63) is 88.7 Å². The first-order valence-corrected chi connectivity index (χ1v) is 14.7. The standard InChI is InChI=1S/C31H39N7O5/c32-28(40)24-9-8-21(17-34-24)37-14-12-36(13-15-37)18-20-6-4-19(5-7-20)16-33-23-3-1-2-22-27(23)31(43)38(30(22)42)25-10-11-26(39)35-29(25)41/h1-9,17,25-26,28-29,31,33,35,39-41,43H,10-16,18,32H2. The molecule has 0 spiro atoms. The van der Waals surface area contributed by atoms with Gasteiger partial charge in [0.05, 0.1) is 23.6 Å². The minimum Gasteiger partial charge on any atom is -0.381 e. The summed E-state index contributed by atoms with van der Waals surface area (Å²) in [7, 11) is 0. The summed E-state index contributed by atoms with van der Waals surface area (Å²) in [6, 6.07) is 16.8. The predicted octanol–water partition coefficient (Wildman–Crippen LogP) is 0.801. The molecule has 5 unspecified atom stereocenters. The smallest absolute Gasteiger partial charge is 0.257 e. The van der Waals surface area contributed by atoms with Crippen LogP contribution in [0.15, 0.2) is 60.8 Å². The van der Waals surface area contributed by atoms with Gasteiger partial charge < -0.3 is 41.3 Å². The molecule has 3 aliphatic rings. The second-order valence-corrected chi connectivity index (χ2v) is 11.4. The fourth-order valence-electron chi connectivity index (χ4n) is 6.22. The Balaban J connectivity index is 1.03. The lowest BCUT2D eigenvalue weighted by Gasteiger charge is -2.39. The molecule has 6 rings (SSSR count). The van der Waals surface area contributed by atoms with E-state index in [1.54, 1.807) is 24.4 Å². The Kier molecular flexibility index (Phi) is 8.59. The molecule has 0 bridgehead atoms. The highest BCUT2D eigenvalue weighted by Crippen LogP contribution is 2.40. The summed E-state index contributed by atoms with van der Waals surface area (Å²) >= 11 is 0. The molecule has 1 amide bonds. The van der Waals surface area contributed by atoms with E-state index in [9.17, 15) is 25.2 Å². The number of fused-ring (bicyclic) bond motifs is 1. The van der Waals surface area contributed by atoms with Gasteiger partial charge in [-0.3, -0.25) is 20.0 Å². The number of aliphatic hydroxyl groups excluding tert-OH is 4. The first-order valence-electron chi connectivity index (χ1n) is 14.7. The van der Waals surface area contributed by atoms with Gasteiger partial charge in [0, 0.05) is 56.1 Å². The van der Waals surface area contributed by atoms with Gasteiger partial charge in [0.25, 0.3) is 5.91 Å². The van der Waals surface area contributed by atoms with Crippen LogP contribution in [0.25, 0.3) is 0 Å². The second kappa shape index (κ2) is 12.5. The number of piperidine rings is 1. The Hall–Kier alpha value is -3.62. The Morgan fingerprint density at radius 2 is 1.72 bits per heavy atom. The molecule has 12 heteroatoms. The average Bonchev–Trinajstić information content (AvgIpc) is 3.27. The predicted molar refractivity (Wildman–Crippen MR) is 160 cm³/mol. The van der Waals surface area contributed by atoms with E-state index in [0.717, 1.165) is 44.0 Å². The summed E-state index contributed by atoms with van der Waals surface area (Å²) < 4.78 is 0. The van der Waals surface area contributed by atoms with Crippen LogP contribution in [-0.4, -0.2) is 85.8 Å². The van der Waals surface area contributed by atoms with E-state index < -0.39 is 31.0 Å². The third-order valence-electron chi connectivity index (χ3n) is 8.64. The molecule has 4 heterocycles. The van der Waals surface area contributed by atoms with E-state index in [-0.39, 0.29) is 5.91 Å². The molecule has 3 aliphatic heterocycles. The Morgan fingerprint density at radius 1 is 0.977 bits per heavy atom. The lowest BCUT2D eigenvalue weighted by Crippen LogP contribution is -2.57. The van der Waals surface area contributed by atoms with E-state index in [1.165, 1.54) is 10.5 Å². The maximum absolute atomic E-state index is 13.2. The summed E-state index contributed by atoms with van der Waals surface area (Å²) in [4.78, 5) is 23.5. The van der Waals surface area contributed by atoms with Crippen LogP contribution in [0.4, 0.5) is 11.4 Å². The maximum Gasteiger partial charge on any atom is 0.257 e. The van der Waals surface area contributed by atoms with Gasteiger partial charge in [0.15, 0.2) is 6.23 Å². The number of hydrogen-bond donors (Lipinski definition) is 7. The van der Waals surface area contributed by atoms with Crippen LogP contribution in [0.5, 0.6) is 0 Å². The largest absolute Gasteiger partial charge is 0.381 e. The Labute approximate surface area is 250 Å². The lowest BCUT2D eigenvalue weighted by atomic mass is 10.0. The van der Waals surface area contributed by atoms with E-state index in [2.05, 4.69) is 49.7 Å². The molecule has 3 aromatic rings. The Morgan fingerprint density at radius 3 is 2.40 bits per heavy atom. The number of nitrogens with zero attached hydrogens (tertiary/aromatic N) is 4. The number of hydrogen-bond acceptors (Lipinski definition) is 11. The Bertz CT molecular complexity index is 1410. The molecular formula is C31H39N7O5. The second-order valence-electron chi connectivity index (χ2n) is 11.4. The van der Waals surface area contributed by atoms with Gasteiger partial charge in [0.1, 0.15) is 18.7 Å². The molecule has 228 valence electrons. The van der Waals surface area contributed by atoms with Gasteiger partial charge in [-0.2, -0.15) is 0 Å². The molecule has 0 radical (unpaired) electrons. The van der Waals surface area contributed by atoms with Crippen LogP contribution in [0.1, 0.15) is 58.0 Å². The van der Waals surface area contributed by atoms with Crippen molar-refractivity contribution in [3.8, 4) is 0 Å². The number of piperazine rings is 1.